The predicted molar refractivity (Wildman–Crippen MR) is 72.6 cm³/mol. The van der Waals surface area contributed by atoms with Crippen LogP contribution in [0.1, 0.15) is 28.8 Å². The maximum absolute atomic E-state index is 12.2. The van der Waals surface area contributed by atoms with Crippen LogP contribution >= 0.6 is 0 Å². The number of fused-ring (bicyclic) bond motifs is 1. The largest absolute Gasteiger partial charge is 0.481 e. The third-order valence-electron chi connectivity index (χ3n) is 3.21. The molecule has 2 amide bonds. The molecule has 1 aromatic rings. The van der Waals surface area contributed by atoms with Crippen molar-refractivity contribution in [2.75, 3.05) is 18.9 Å². The van der Waals surface area contributed by atoms with Crippen LogP contribution in [0.5, 0.6) is 0 Å². The second-order valence-electron chi connectivity index (χ2n) is 4.82. The Labute approximate surface area is 116 Å². The lowest BCUT2D eigenvalue weighted by atomic mass is 10.1. The lowest BCUT2D eigenvalue weighted by Gasteiger charge is -2.17. The van der Waals surface area contributed by atoms with Gasteiger partial charge in [0.25, 0.3) is 5.91 Å². The number of nitrogens with one attached hydrogen (secondary N) is 1. The summed E-state index contributed by atoms with van der Waals surface area (Å²) < 4.78 is 0. The Hall–Kier alpha value is -2.37. The Morgan fingerprint density at radius 2 is 2.15 bits per heavy atom. The normalized spacial score (nSPS) is 12.8. The summed E-state index contributed by atoms with van der Waals surface area (Å²) in [7, 11) is 1.63. The van der Waals surface area contributed by atoms with Crippen LogP contribution in [0.4, 0.5) is 5.69 Å². The molecule has 0 aromatic heterocycles. The Morgan fingerprint density at radius 3 is 2.85 bits per heavy atom. The van der Waals surface area contributed by atoms with E-state index in [9.17, 15) is 14.4 Å². The fourth-order valence-electron chi connectivity index (χ4n) is 2.14. The minimum absolute atomic E-state index is 0.0395. The van der Waals surface area contributed by atoms with E-state index in [-0.39, 0.29) is 18.2 Å². The second-order valence-corrected chi connectivity index (χ2v) is 4.82. The molecule has 0 saturated carbocycles. The first-order valence-corrected chi connectivity index (χ1v) is 6.37. The minimum Gasteiger partial charge on any atom is -0.481 e. The van der Waals surface area contributed by atoms with Crippen molar-refractivity contribution in [2.45, 2.75) is 19.3 Å². The molecule has 0 saturated heterocycles. The highest BCUT2D eigenvalue weighted by molar-refractivity contribution is 6.02. The zero-order valence-electron chi connectivity index (χ0n) is 11.2. The summed E-state index contributed by atoms with van der Waals surface area (Å²) in [5, 5.41) is 11.3. The zero-order chi connectivity index (χ0) is 14.7. The van der Waals surface area contributed by atoms with Gasteiger partial charge < -0.3 is 15.3 Å². The summed E-state index contributed by atoms with van der Waals surface area (Å²) in [4.78, 5) is 35.3. The fraction of sp³-hybridized carbons (Fsp3) is 0.357. The van der Waals surface area contributed by atoms with Gasteiger partial charge in [0, 0.05) is 31.3 Å². The summed E-state index contributed by atoms with van der Waals surface area (Å²) in [5.74, 6) is -1.12. The SMILES string of the molecule is CN(CCCC(=O)O)C(=O)c1ccc2c(c1)NC(=O)C2. The molecule has 1 heterocycles. The van der Waals surface area contributed by atoms with E-state index in [1.807, 2.05) is 0 Å². The lowest BCUT2D eigenvalue weighted by molar-refractivity contribution is -0.137. The quantitative estimate of drug-likeness (QED) is 0.843. The molecule has 6 heteroatoms. The average molecular weight is 276 g/mol. The Kier molecular flexibility index (Phi) is 4.02. The first kappa shape index (κ1) is 14.0. The van der Waals surface area contributed by atoms with E-state index in [2.05, 4.69) is 5.32 Å². The molecule has 0 unspecified atom stereocenters. The number of rotatable bonds is 5. The molecule has 0 atom stereocenters. The van der Waals surface area contributed by atoms with E-state index in [1.165, 1.54) is 4.90 Å². The Balaban J connectivity index is 2.01. The van der Waals surface area contributed by atoms with E-state index in [0.29, 0.717) is 30.6 Å². The molecule has 0 spiro atoms. The van der Waals surface area contributed by atoms with Crippen LogP contribution < -0.4 is 5.32 Å². The fourth-order valence-corrected chi connectivity index (χ4v) is 2.14. The number of aliphatic carboxylic acids is 1. The van der Waals surface area contributed by atoms with Gasteiger partial charge in [-0.25, -0.2) is 0 Å². The monoisotopic (exact) mass is 276 g/mol. The van der Waals surface area contributed by atoms with E-state index >= 15 is 0 Å². The van der Waals surface area contributed by atoms with Gasteiger partial charge in [0.1, 0.15) is 0 Å². The number of carboxylic acids is 1. The highest BCUT2D eigenvalue weighted by atomic mass is 16.4. The number of nitrogens with zero attached hydrogens (tertiary/aromatic N) is 1. The maximum Gasteiger partial charge on any atom is 0.303 e. The third kappa shape index (κ3) is 3.14. The van der Waals surface area contributed by atoms with E-state index in [4.69, 9.17) is 5.11 Å². The van der Waals surface area contributed by atoms with Gasteiger partial charge in [-0.15, -0.1) is 0 Å². The molecular weight excluding hydrogens is 260 g/mol. The van der Waals surface area contributed by atoms with Crippen LogP contribution in [0.25, 0.3) is 0 Å². The van der Waals surface area contributed by atoms with Gasteiger partial charge >= 0.3 is 5.97 Å². The van der Waals surface area contributed by atoms with Gasteiger partial charge in [0.05, 0.1) is 6.42 Å². The second kappa shape index (κ2) is 5.73. The lowest BCUT2D eigenvalue weighted by Crippen LogP contribution is -2.28. The van der Waals surface area contributed by atoms with Gasteiger partial charge in [-0.05, 0) is 24.1 Å². The molecule has 0 bridgehead atoms. The third-order valence-corrected chi connectivity index (χ3v) is 3.21. The molecule has 0 fully saturated rings. The first-order valence-electron chi connectivity index (χ1n) is 6.37. The molecule has 0 radical (unpaired) electrons. The van der Waals surface area contributed by atoms with Crippen LogP contribution in [-0.4, -0.2) is 41.4 Å². The predicted octanol–water partition coefficient (Wildman–Crippen LogP) is 1.12. The van der Waals surface area contributed by atoms with Gasteiger partial charge in [0.15, 0.2) is 0 Å². The van der Waals surface area contributed by atoms with Crippen molar-refractivity contribution in [1.29, 1.82) is 0 Å². The van der Waals surface area contributed by atoms with Gasteiger partial charge in [-0.1, -0.05) is 6.07 Å². The molecule has 2 N–H and O–H groups in total. The van der Waals surface area contributed by atoms with Gasteiger partial charge in [-0.2, -0.15) is 0 Å². The van der Waals surface area contributed by atoms with E-state index in [0.717, 1.165) is 5.56 Å². The van der Waals surface area contributed by atoms with Crippen molar-refractivity contribution in [3.8, 4) is 0 Å². The topological polar surface area (TPSA) is 86.7 Å². The summed E-state index contributed by atoms with van der Waals surface area (Å²) >= 11 is 0. The standard InChI is InChI=1S/C14H16N2O4/c1-16(6-2-3-13(18)19)14(20)10-5-4-9-8-12(17)15-11(9)7-10/h4-5,7H,2-3,6,8H2,1H3,(H,15,17)(H,18,19). The molecule has 1 aliphatic rings. The number of benzene rings is 1. The Morgan fingerprint density at radius 1 is 1.40 bits per heavy atom. The van der Waals surface area contributed by atoms with Gasteiger partial charge in [0.2, 0.25) is 5.91 Å². The number of carbonyl (C=O) groups is 3. The van der Waals surface area contributed by atoms with Crippen molar-refractivity contribution >= 4 is 23.5 Å². The summed E-state index contributed by atoms with van der Waals surface area (Å²) in [6.07, 6.45) is 0.801. The summed E-state index contributed by atoms with van der Waals surface area (Å²) in [5.41, 5.74) is 2.06. The van der Waals surface area contributed by atoms with Crippen molar-refractivity contribution in [1.82, 2.24) is 4.90 Å². The smallest absolute Gasteiger partial charge is 0.303 e. The number of carbonyl (C=O) groups excluding carboxylic acids is 2. The molecular formula is C14H16N2O4. The van der Waals surface area contributed by atoms with Crippen LogP contribution in [0.2, 0.25) is 0 Å². The summed E-state index contributed by atoms with van der Waals surface area (Å²) in [6.45, 7) is 0.384. The average Bonchev–Trinajstić information content (AvgIpc) is 2.76. The molecule has 0 aliphatic carbocycles. The van der Waals surface area contributed by atoms with E-state index < -0.39 is 5.97 Å². The van der Waals surface area contributed by atoms with Crippen LogP contribution in [0.15, 0.2) is 18.2 Å². The van der Waals surface area contributed by atoms with Crippen LogP contribution in [0, 0.1) is 0 Å². The molecule has 20 heavy (non-hydrogen) atoms. The zero-order valence-corrected chi connectivity index (χ0v) is 11.2. The molecule has 6 nitrogen and oxygen atoms in total. The highest BCUT2D eigenvalue weighted by Crippen LogP contribution is 2.24. The number of amides is 2. The van der Waals surface area contributed by atoms with Crippen molar-refractivity contribution < 1.29 is 19.5 Å². The number of hydrogen-bond donors (Lipinski definition) is 2. The van der Waals surface area contributed by atoms with Gasteiger partial charge in [-0.3, -0.25) is 14.4 Å². The summed E-state index contributed by atoms with van der Waals surface area (Å²) in [6, 6.07) is 5.12. The minimum atomic E-state index is -0.869. The van der Waals surface area contributed by atoms with Crippen molar-refractivity contribution in [3.05, 3.63) is 29.3 Å². The first-order chi connectivity index (χ1) is 9.47. The molecule has 2 rings (SSSR count). The molecule has 1 aromatic carbocycles. The van der Waals surface area contributed by atoms with Crippen LogP contribution in [-0.2, 0) is 16.0 Å². The molecule has 1 aliphatic heterocycles. The highest BCUT2D eigenvalue weighted by Gasteiger charge is 2.20. The molecule has 106 valence electrons. The number of carboxylic acid groups (broad SMARTS) is 1. The van der Waals surface area contributed by atoms with Crippen molar-refractivity contribution in [3.63, 3.8) is 0 Å². The Bertz CT molecular complexity index is 568. The van der Waals surface area contributed by atoms with Crippen LogP contribution in [0.3, 0.4) is 0 Å². The maximum atomic E-state index is 12.2. The van der Waals surface area contributed by atoms with E-state index in [1.54, 1.807) is 25.2 Å². The number of hydrogen-bond acceptors (Lipinski definition) is 3. The number of anilines is 1. The van der Waals surface area contributed by atoms with Crippen molar-refractivity contribution in [2.24, 2.45) is 0 Å².